The van der Waals surface area contributed by atoms with E-state index in [1.807, 2.05) is 54.5 Å². The number of rotatable bonds is 5. The molecular weight excluding hydrogens is 280 g/mol. The molecule has 0 saturated heterocycles. The minimum absolute atomic E-state index is 0.314. The van der Waals surface area contributed by atoms with Gasteiger partial charge in [0.1, 0.15) is 18.0 Å². The van der Waals surface area contributed by atoms with Gasteiger partial charge in [-0.2, -0.15) is 0 Å². The first kappa shape index (κ1) is 20.2. The maximum absolute atomic E-state index is 11.9. The molecule has 1 aromatic heterocycles. The number of carbonyl (C=O) groups excluding carboxylic acids is 1. The highest BCUT2D eigenvalue weighted by molar-refractivity contribution is 5.68. The van der Waals surface area contributed by atoms with Gasteiger partial charge >= 0.3 is 6.09 Å². The van der Waals surface area contributed by atoms with Crippen molar-refractivity contribution in [2.24, 2.45) is 0 Å². The van der Waals surface area contributed by atoms with Gasteiger partial charge in [0.05, 0.1) is 12.7 Å². The monoisotopic (exact) mass is 310 g/mol. The van der Waals surface area contributed by atoms with Crippen LogP contribution in [0.5, 0.6) is 5.75 Å². The van der Waals surface area contributed by atoms with Crippen molar-refractivity contribution in [1.82, 2.24) is 9.88 Å². The molecule has 0 aliphatic heterocycles. The molecule has 0 fully saturated rings. The summed E-state index contributed by atoms with van der Waals surface area (Å²) in [5.41, 5.74) is 0.563. The Kier molecular flexibility index (Phi) is 9.22. The van der Waals surface area contributed by atoms with Crippen LogP contribution in [0.3, 0.4) is 0 Å². The summed E-state index contributed by atoms with van der Waals surface area (Å²) in [6, 6.07) is 1.91. The van der Waals surface area contributed by atoms with Crippen molar-refractivity contribution in [2.75, 3.05) is 19.7 Å². The number of pyridine rings is 1. The standard InChI is InChI=1S/C15H24N2O3.C2H6/c1-6-17(14(18)20-15(3,4)5)7-8-19-13-9-12(2)10-16-11-13;1-2/h9-11H,6-8H2,1-5H3;1-2H3. The highest BCUT2D eigenvalue weighted by Gasteiger charge is 2.20. The van der Waals surface area contributed by atoms with E-state index < -0.39 is 5.60 Å². The van der Waals surface area contributed by atoms with Crippen molar-refractivity contribution in [1.29, 1.82) is 0 Å². The first-order valence-corrected chi connectivity index (χ1v) is 7.84. The minimum Gasteiger partial charge on any atom is -0.490 e. The first-order chi connectivity index (χ1) is 10.3. The molecule has 1 aromatic rings. The molecule has 1 rings (SSSR count). The molecule has 22 heavy (non-hydrogen) atoms. The Balaban J connectivity index is 0.00000211. The Labute approximate surface area is 134 Å². The molecule has 0 saturated carbocycles. The van der Waals surface area contributed by atoms with Crippen LogP contribution in [0.25, 0.3) is 0 Å². The number of carbonyl (C=O) groups is 1. The lowest BCUT2D eigenvalue weighted by Crippen LogP contribution is -2.38. The molecule has 5 nitrogen and oxygen atoms in total. The number of amides is 1. The molecule has 0 aliphatic carbocycles. The third-order valence-electron chi connectivity index (χ3n) is 2.51. The molecule has 5 heteroatoms. The van der Waals surface area contributed by atoms with Gasteiger partial charge in [-0.3, -0.25) is 4.98 Å². The lowest BCUT2D eigenvalue weighted by molar-refractivity contribution is 0.0237. The topological polar surface area (TPSA) is 51.7 Å². The van der Waals surface area contributed by atoms with Crippen LogP contribution in [0.4, 0.5) is 4.79 Å². The summed E-state index contributed by atoms with van der Waals surface area (Å²) in [7, 11) is 0. The number of hydrogen-bond donors (Lipinski definition) is 0. The molecule has 0 bridgehead atoms. The molecule has 0 aliphatic rings. The van der Waals surface area contributed by atoms with E-state index in [0.29, 0.717) is 25.4 Å². The van der Waals surface area contributed by atoms with E-state index >= 15 is 0 Å². The van der Waals surface area contributed by atoms with Crippen LogP contribution < -0.4 is 4.74 Å². The first-order valence-electron chi connectivity index (χ1n) is 7.84. The van der Waals surface area contributed by atoms with Gasteiger partial charge in [-0.15, -0.1) is 0 Å². The average molecular weight is 310 g/mol. The number of aryl methyl sites for hydroxylation is 1. The van der Waals surface area contributed by atoms with Gasteiger partial charge in [-0.1, -0.05) is 13.8 Å². The van der Waals surface area contributed by atoms with Gasteiger partial charge < -0.3 is 14.4 Å². The van der Waals surface area contributed by atoms with Crippen LogP contribution >= 0.6 is 0 Å². The Hall–Kier alpha value is -1.78. The molecule has 0 N–H and O–H groups in total. The zero-order chi connectivity index (χ0) is 17.2. The molecule has 1 heterocycles. The predicted octanol–water partition coefficient (Wildman–Crippen LogP) is 4.05. The molecule has 126 valence electrons. The maximum Gasteiger partial charge on any atom is 0.410 e. The minimum atomic E-state index is -0.480. The van der Waals surface area contributed by atoms with Crippen molar-refractivity contribution < 1.29 is 14.3 Å². The average Bonchev–Trinajstić information content (AvgIpc) is 2.44. The summed E-state index contributed by atoms with van der Waals surface area (Å²) in [4.78, 5) is 17.6. The van der Waals surface area contributed by atoms with E-state index in [1.165, 1.54) is 0 Å². The third-order valence-corrected chi connectivity index (χ3v) is 2.51. The predicted molar refractivity (Wildman–Crippen MR) is 89.3 cm³/mol. The van der Waals surface area contributed by atoms with E-state index in [0.717, 1.165) is 5.56 Å². The van der Waals surface area contributed by atoms with Gasteiger partial charge in [0.25, 0.3) is 0 Å². The Morgan fingerprint density at radius 2 is 1.91 bits per heavy atom. The number of likely N-dealkylation sites (N-methyl/N-ethyl adjacent to an activating group) is 1. The molecule has 0 aromatic carbocycles. The highest BCUT2D eigenvalue weighted by Crippen LogP contribution is 2.11. The van der Waals surface area contributed by atoms with E-state index in [-0.39, 0.29) is 6.09 Å². The fourth-order valence-electron chi connectivity index (χ4n) is 1.58. The normalized spacial score (nSPS) is 10.3. The smallest absolute Gasteiger partial charge is 0.410 e. The summed E-state index contributed by atoms with van der Waals surface area (Å²) < 4.78 is 10.9. The van der Waals surface area contributed by atoms with Crippen LogP contribution in [0.2, 0.25) is 0 Å². The van der Waals surface area contributed by atoms with Gasteiger partial charge in [-0.05, 0) is 46.2 Å². The SMILES string of the molecule is CC.CCN(CCOc1cncc(C)c1)C(=O)OC(C)(C)C. The molecule has 0 unspecified atom stereocenters. The summed E-state index contributed by atoms with van der Waals surface area (Å²) in [5.74, 6) is 0.713. The Morgan fingerprint density at radius 3 is 2.41 bits per heavy atom. The summed E-state index contributed by atoms with van der Waals surface area (Å²) in [6.07, 6.45) is 3.12. The van der Waals surface area contributed by atoms with Gasteiger partial charge in [0, 0.05) is 12.7 Å². The summed E-state index contributed by atoms with van der Waals surface area (Å²) >= 11 is 0. The van der Waals surface area contributed by atoms with Crippen LogP contribution in [0, 0.1) is 6.92 Å². The highest BCUT2D eigenvalue weighted by atomic mass is 16.6. The Morgan fingerprint density at radius 1 is 1.27 bits per heavy atom. The Bertz CT molecular complexity index is 442. The second kappa shape index (κ2) is 10.0. The van der Waals surface area contributed by atoms with E-state index in [4.69, 9.17) is 9.47 Å². The molecule has 0 atom stereocenters. The number of ether oxygens (including phenoxy) is 2. The molecule has 0 spiro atoms. The van der Waals surface area contributed by atoms with E-state index in [9.17, 15) is 4.79 Å². The quantitative estimate of drug-likeness (QED) is 0.823. The largest absolute Gasteiger partial charge is 0.490 e. The zero-order valence-corrected chi connectivity index (χ0v) is 15.0. The second-order valence-electron chi connectivity index (χ2n) is 5.61. The number of nitrogens with zero attached hydrogens (tertiary/aromatic N) is 2. The number of hydrogen-bond acceptors (Lipinski definition) is 4. The maximum atomic E-state index is 11.9. The molecule has 0 radical (unpaired) electrons. The molecule has 1 amide bonds. The summed E-state index contributed by atoms with van der Waals surface area (Å²) in [6.45, 7) is 14.9. The van der Waals surface area contributed by atoms with E-state index in [2.05, 4.69) is 4.98 Å². The zero-order valence-electron chi connectivity index (χ0n) is 15.0. The van der Waals surface area contributed by atoms with Gasteiger partial charge in [0.15, 0.2) is 0 Å². The van der Waals surface area contributed by atoms with Crippen molar-refractivity contribution in [2.45, 2.75) is 54.1 Å². The third kappa shape index (κ3) is 8.49. The van der Waals surface area contributed by atoms with Crippen molar-refractivity contribution in [3.05, 3.63) is 24.0 Å². The van der Waals surface area contributed by atoms with Crippen LogP contribution in [-0.2, 0) is 4.74 Å². The fraction of sp³-hybridized carbons (Fsp3) is 0.647. The van der Waals surface area contributed by atoms with Crippen LogP contribution in [0.1, 0.15) is 47.1 Å². The van der Waals surface area contributed by atoms with Crippen LogP contribution in [0.15, 0.2) is 18.5 Å². The fourth-order valence-corrected chi connectivity index (χ4v) is 1.58. The second-order valence-corrected chi connectivity index (χ2v) is 5.61. The van der Waals surface area contributed by atoms with Gasteiger partial charge in [-0.25, -0.2) is 4.79 Å². The van der Waals surface area contributed by atoms with Crippen molar-refractivity contribution in [3.63, 3.8) is 0 Å². The van der Waals surface area contributed by atoms with Crippen molar-refractivity contribution >= 4 is 6.09 Å². The lowest BCUT2D eigenvalue weighted by Gasteiger charge is -2.26. The lowest BCUT2D eigenvalue weighted by atomic mass is 10.2. The van der Waals surface area contributed by atoms with Crippen molar-refractivity contribution in [3.8, 4) is 5.75 Å². The number of aromatic nitrogens is 1. The van der Waals surface area contributed by atoms with E-state index in [1.54, 1.807) is 17.3 Å². The van der Waals surface area contributed by atoms with Crippen LogP contribution in [-0.4, -0.2) is 41.3 Å². The van der Waals surface area contributed by atoms with Gasteiger partial charge in [0.2, 0.25) is 0 Å². The molecular formula is C17H30N2O3. The summed E-state index contributed by atoms with van der Waals surface area (Å²) in [5, 5.41) is 0.